The van der Waals surface area contributed by atoms with Gasteiger partial charge >= 0.3 is 5.97 Å². The normalized spacial score (nSPS) is 26.8. The molecule has 2 aliphatic heterocycles. The van der Waals surface area contributed by atoms with E-state index in [2.05, 4.69) is 10.5 Å². The van der Waals surface area contributed by atoms with Gasteiger partial charge in [0.2, 0.25) is 0 Å². The SMILES string of the molecule is Cc1onc(-c2ccc([N+](=O)[O-])cc2)c1N[C@@]1(C)C(=O)N2[C@@H](C(=O)O)C(C)(C)S[C@@H]21. The second kappa shape index (κ2) is 6.46. The third kappa shape index (κ3) is 2.76. The summed E-state index contributed by atoms with van der Waals surface area (Å²) >= 11 is 1.44. The van der Waals surface area contributed by atoms with E-state index in [1.54, 1.807) is 26.0 Å². The third-order valence-corrected chi connectivity index (χ3v) is 7.36. The molecule has 1 aromatic heterocycles. The monoisotopic (exact) mass is 432 g/mol. The molecule has 30 heavy (non-hydrogen) atoms. The molecule has 10 nitrogen and oxygen atoms in total. The topological polar surface area (TPSA) is 139 Å². The molecule has 1 amide bonds. The number of aliphatic carboxylic acids is 1. The minimum Gasteiger partial charge on any atom is -0.480 e. The Hall–Kier alpha value is -3.08. The molecular formula is C19H20N4O6S. The Kier molecular flexibility index (Phi) is 4.35. The molecule has 2 saturated heterocycles. The molecule has 0 spiro atoms. The number of carboxylic acids is 1. The zero-order chi connectivity index (χ0) is 22.0. The van der Waals surface area contributed by atoms with Gasteiger partial charge in [0.1, 0.15) is 28.3 Å². The minimum atomic E-state index is -1.04. The fourth-order valence-electron chi connectivity index (χ4n) is 4.06. The molecule has 3 heterocycles. The number of amides is 1. The number of aromatic nitrogens is 1. The number of carbonyl (C=O) groups excluding carboxylic acids is 1. The number of nitro groups is 1. The van der Waals surface area contributed by atoms with Gasteiger partial charge in [-0.15, -0.1) is 11.8 Å². The van der Waals surface area contributed by atoms with Crippen molar-refractivity contribution >= 4 is 35.0 Å². The number of benzene rings is 1. The molecule has 1 aromatic carbocycles. The summed E-state index contributed by atoms with van der Waals surface area (Å²) in [6.07, 6.45) is 0. The number of nitrogens with one attached hydrogen (secondary N) is 1. The number of hydrogen-bond acceptors (Lipinski definition) is 8. The van der Waals surface area contributed by atoms with Crippen molar-refractivity contribution < 1.29 is 24.1 Å². The fourth-order valence-corrected chi connectivity index (χ4v) is 5.70. The number of anilines is 1. The smallest absolute Gasteiger partial charge is 0.327 e. The lowest BCUT2D eigenvalue weighted by Gasteiger charge is -2.51. The zero-order valence-corrected chi connectivity index (χ0v) is 17.5. The summed E-state index contributed by atoms with van der Waals surface area (Å²) < 4.78 is 4.67. The first-order valence-electron chi connectivity index (χ1n) is 9.20. The van der Waals surface area contributed by atoms with Crippen LogP contribution in [-0.4, -0.2) is 53.7 Å². The van der Waals surface area contributed by atoms with E-state index in [1.807, 2.05) is 13.8 Å². The molecule has 3 atom stereocenters. The summed E-state index contributed by atoms with van der Waals surface area (Å²) in [7, 11) is 0. The highest BCUT2D eigenvalue weighted by Gasteiger charge is 2.69. The van der Waals surface area contributed by atoms with E-state index >= 15 is 0 Å². The number of non-ortho nitro benzene ring substituents is 1. The zero-order valence-electron chi connectivity index (χ0n) is 16.7. The Labute approximate surface area is 175 Å². The molecule has 2 aliphatic rings. The lowest BCUT2D eigenvalue weighted by molar-refractivity contribution is -0.384. The summed E-state index contributed by atoms with van der Waals surface area (Å²) in [5, 5.41) is 27.4. The van der Waals surface area contributed by atoms with E-state index in [0.29, 0.717) is 22.7 Å². The molecule has 0 radical (unpaired) electrons. The summed E-state index contributed by atoms with van der Waals surface area (Å²) in [5.74, 6) is -0.890. The number of carbonyl (C=O) groups is 2. The van der Waals surface area contributed by atoms with Crippen molar-refractivity contribution in [1.29, 1.82) is 0 Å². The molecule has 0 saturated carbocycles. The number of carboxylic acid groups (broad SMARTS) is 1. The molecular weight excluding hydrogens is 412 g/mol. The van der Waals surface area contributed by atoms with Gasteiger partial charge < -0.3 is 19.8 Å². The lowest BCUT2D eigenvalue weighted by Crippen LogP contribution is -2.75. The number of nitrogens with zero attached hydrogens (tertiary/aromatic N) is 3. The van der Waals surface area contributed by atoms with Crippen LogP contribution in [0, 0.1) is 17.0 Å². The average Bonchev–Trinajstić information content (AvgIpc) is 3.17. The van der Waals surface area contributed by atoms with Gasteiger partial charge in [0, 0.05) is 22.4 Å². The molecule has 0 unspecified atom stereocenters. The number of nitro benzene ring substituents is 1. The molecule has 2 fully saturated rings. The van der Waals surface area contributed by atoms with Crippen LogP contribution in [0.1, 0.15) is 26.5 Å². The van der Waals surface area contributed by atoms with Crippen LogP contribution < -0.4 is 5.32 Å². The van der Waals surface area contributed by atoms with Crippen LogP contribution in [-0.2, 0) is 9.59 Å². The van der Waals surface area contributed by atoms with Crippen LogP contribution >= 0.6 is 11.8 Å². The molecule has 11 heteroatoms. The van der Waals surface area contributed by atoms with Crippen LogP contribution in [0.4, 0.5) is 11.4 Å². The van der Waals surface area contributed by atoms with E-state index in [9.17, 15) is 24.8 Å². The molecule has 4 rings (SSSR count). The largest absolute Gasteiger partial charge is 0.480 e. The number of thioether (sulfide) groups is 1. The second-order valence-electron chi connectivity index (χ2n) is 8.12. The van der Waals surface area contributed by atoms with Crippen LogP contribution in [0.5, 0.6) is 0 Å². The first-order chi connectivity index (χ1) is 14.0. The maximum Gasteiger partial charge on any atom is 0.327 e. The quantitative estimate of drug-likeness (QED) is 0.415. The third-order valence-electron chi connectivity index (χ3n) is 5.61. The van der Waals surface area contributed by atoms with Crippen LogP contribution in [0.15, 0.2) is 28.8 Å². The van der Waals surface area contributed by atoms with Crippen molar-refractivity contribution in [3.05, 3.63) is 40.1 Å². The summed E-state index contributed by atoms with van der Waals surface area (Å²) in [6, 6.07) is 4.95. The van der Waals surface area contributed by atoms with Crippen molar-refractivity contribution in [1.82, 2.24) is 10.1 Å². The standard InChI is InChI=1S/C19H20N4O6S/c1-9-12(13(21-29-9)10-5-7-11(8-6-10)23(27)28)20-19(4)16(26)22-14(15(24)25)18(2,3)30-17(19)22/h5-8,14,17,20H,1-4H3,(H,24,25)/t14-,17+,19-/m0/s1. The molecule has 0 aliphatic carbocycles. The predicted octanol–water partition coefficient (Wildman–Crippen LogP) is 2.88. The Morgan fingerprint density at radius 2 is 1.97 bits per heavy atom. The number of fused-ring (bicyclic) bond motifs is 1. The van der Waals surface area contributed by atoms with Gasteiger partial charge in [-0.2, -0.15) is 0 Å². The highest BCUT2D eigenvalue weighted by Crippen LogP contribution is 2.56. The van der Waals surface area contributed by atoms with Crippen molar-refractivity contribution in [2.75, 3.05) is 5.32 Å². The van der Waals surface area contributed by atoms with Gasteiger partial charge in [-0.1, -0.05) is 5.16 Å². The molecule has 0 bridgehead atoms. The Morgan fingerprint density at radius 1 is 1.33 bits per heavy atom. The second-order valence-corrected chi connectivity index (χ2v) is 9.85. The van der Waals surface area contributed by atoms with Crippen molar-refractivity contribution in [2.45, 2.75) is 49.4 Å². The Bertz CT molecular complexity index is 1070. The average molecular weight is 432 g/mol. The molecule has 158 valence electrons. The summed E-state index contributed by atoms with van der Waals surface area (Å²) in [5.41, 5.74) is 0.422. The van der Waals surface area contributed by atoms with E-state index in [1.165, 1.54) is 28.8 Å². The highest BCUT2D eigenvalue weighted by molar-refractivity contribution is 8.01. The number of hydrogen-bond donors (Lipinski definition) is 2. The first kappa shape index (κ1) is 20.2. The Morgan fingerprint density at radius 3 is 2.53 bits per heavy atom. The minimum absolute atomic E-state index is 0.0467. The van der Waals surface area contributed by atoms with Crippen LogP contribution in [0.2, 0.25) is 0 Å². The van der Waals surface area contributed by atoms with Gasteiger partial charge in [-0.05, 0) is 39.8 Å². The van der Waals surface area contributed by atoms with Crippen LogP contribution in [0.25, 0.3) is 11.3 Å². The van der Waals surface area contributed by atoms with E-state index in [0.717, 1.165) is 0 Å². The lowest BCUT2D eigenvalue weighted by atomic mass is 9.85. The van der Waals surface area contributed by atoms with Crippen molar-refractivity contribution in [3.8, 4) is 11.3 Å². The molecule has 2 N–H and O–H groups in total. The number of β-lactam (4-membered cyclic amide) rings is 1. The summed E-state index contributed by atoms with van der Waals surface area (Å²) in [6.45, 7) is 7.06. The van der Waals surface area contributed by atoms with Gasteiger partial charge in [-0.3, -0.25) is 14.9 Å². The number of aryl methyl sites for hydroxylation is 1. The van der Waals surface area contributed by atoms with E-state index < -0.39 is 27.2 Å². The van der Waals surface area contributed by atoms with Gasteiger partial charge in [-0.25, -0.2) is 4.79 Å². The Balaban J connectivity index is 1.66. The van der Waals surface area contributed by atoms with Gasteiger partial charge in [0.15, 0.2) is 5.76 Å². The van der Waals surface area contributed by atoms with Gasteiger partial charge in [0.25, 0.3) is 11.6 Å². The number of rotatable bonds is 5. The maximum atomic E-state index is 13.0. The van der Waals surface area contributed by atoms with Gasteiger partial charge in [0.05, 0.1) is 4.92 Å². The van der Waals surface area contributed by atoms with E-state index in [-0.39, 0.29) is 17.0 Å². The van der Waals surface area contributed by atoms with Crippen molar-refractivity contribution in [2.24, 2.45) is 0 Å². The van der Waals surface area contributed by atoms with Crippen molar-refractivity contribution in [3.63, 3.8) is 0 Å². The fraction of sp³-hybridized carbons (Fsp3) is 0.421. The van der Waals surface area contributed by atoms with E-state index in [4.69, 9.17) is 4.52 Å². The highest BCUT2D eigenvalue weighted by atomic mass is 32.2. The predicted molar refractivity (Wildman–Crippen MR) is 109 cm³/mol. The molecule has 2 aromatic rings. The summed E-state index contributed by atoms with van der Waals surface area (Å²) in [4.78, 5) is 36.6. The van der Waals surface area contributed by atoms with Crippen LogP contribution in [0.3, 0.4) is 0 Å². The maximum absolute atomic E-state index is 13.0. The first-order valence-corrected chi connectivity index (χ1v) is 10.1.